The zero-order valence-electron chi connectivity index (χ0n) is 19.9. The van der Waals surface area contributed by atoms with Gasteiger partial charge < -0.3 is 10.1 Å². The lowest BCUT2D eigenvalue weighted by Crippen LogP contribution is -2.40. The SMILES string of the molecule is CC[C@@H](C[C@H](c1ccc(C(C)(C)C)cc1)S(=O)(=O)OC(C)C)NC(=O)OC(C)(C)C. The quantitative estimate of drug-likeness (QED) is 0.541. The predicted molar refractivity (Wildman–Crippen MR) is 121 cm³/mol. The van der Waals surface area contributed by atoms with Gasteiger partial charge in [-0.2, -0.15) is 8.42 Å². The molecule has 30 heavy (non-hydrogen) atoms. The molecule has 1 N–H and O–H groups in total. The molecule has 1 rings (SSSR count). The first-order valence-corrected chi connectivity index (χ1v) is 12.0. The molecule has 0 bridgehead atoms. The molecule has 0 saturated heterocycles. The standard InChI is InChI=1S/C23H39NO5S/c1-10-19(24-21(25)28-23(7,8)9)15-20(30(26,27)29-16(2)3)17-11-13-18(14-12-17)22(4,5)6/h11-14,16,19-20H,10,15H2,1-9H3,(H,24,25)/t19-,20+/m0/s1. The lowest BCUT2D eigenvalue weighted by Gasteiger charge is -2.27. The van der Waals surface area contributed by atoms with Crippen LogP contribution in [0.1, 0.15) is 91.5 Å². The molecule has 0 aliphatic carbocycles. The van der Waals surface area contributed by atoms with Gasteiger partial charge in [-0.15, -0.1) is 0 Å². The second-order valence-corrected chi connectivity index (χ2v) is 11.7. The lowest BCUT2D eigenvalue weighted by molar-refractivity contribution is 0.0499. The van der Waals surface area contributed by atoms with Crippen LogP contribution in [-0.2, 0) is 24.5 Å². The molecule has 6 nitrogen and oxygen atoms in total. The van der Waals surface area contributed by atoms with Crippen LogP contribution >= 0.6 is 0 Å². The van der Waals surface area contributed by atoms with E-state index in [0.717, 1.165) is 5.56 Å². The van der Waals surface area contributed by atoms with E-state index in [2.05, 4.69) is 26.1 Å². The molecule has 0 fully saturated rings. The Morgan fingerprint density at radius 3 is 1.97 bits per heavy atom. The first-order valence-electron chi connectivity index (χ1n) is 10.6. The highest BCUT2D eigenvalue weighted by Gasteiger charge is 2.33. The van der Waals surface area contributed by atoms with Crippen molar-refractivity contribution in [2.75, 3.05) is 0 Å². The Kier molecular flexibility index (Phi) is 8.93. The number of amides is 1. The topological polar surface area (TPSA) is 81.7 Å². The average molecular weight is 442 g/mol. The van der Waals surface area contributed by atoms with Crippen molar-refractivity contribution in [3.63, 3.8) is 0 Å². The minimum atomic E-state index is -3.89. The van der Waals surface area contributed by atoms with Gasteiger partial charge in [0.05, 0.1) is 6.10 Å². The van der Waals surface area contributed by atoms with E-state index in [0.29, 0.717) is 12.0 Å². The molecule has 0 unspecified atom stereocenters. The zero-order chi connectivity index (χ0) is 23.3. The summed E-state index contributed by atoms with van der Waals surface area (Å²) in [5, 5.41) is 1.91. The van der Waals surface area contributed by atoms with Crippen molar-refractivity contribution in [2.24, 2.45) is 0 Å². The molecular weight excluding hydrogens is 402 g/mol. The van der Waals surface area contributed by atoms with Crippen LogP contribution in [0.25, 0.3) is 0 Å². The van der Waals surface area contributed by atoms with Crippen molar-refractivity contribution in [3.8, 4) is 0 Å². The van der Waals surface area contributed by atoms with Crippen LogP contribution in [0.5, 0.6) is 0 Å². The molecule has 0 aromatic heterocycles. The Morgan fingerprint density at radius 1 is 1.03 bits per heavy atom. The molecule has 7 heteroatoms. The van der Waals surface area contributed by atoms with Gasteiger partial charge in [0, 0.05) is 6.04 Å². The van der Waals surface area contributed by atoms with E-state index in [-0.39, 0.29) is 17.9 Å². The van der Waals surface area contributed by atoms with Crippen molar-refractivity contribution in [1.82, 2.24) is 5.32 Å². The van der Waals surface area contributed by atoms with E-state index in [9.17, 15) is 13.2 Å². The van der Waals surface area contributed by atoms with Gasteiger partial charge in [0.15, 0.2) is 0 Å². The summed E-state index contributed by atoms with van der Waals surface area (Å²) in [4.78, 5) is 12.2. The van der Waals surface area contributed by atoms with E-state index in [1.807, 2.05) is 31.2 Å². The number of carbonyl (C=O) groups excluding carboxylic acids is 1. The maximum absolute atomic E-state index is 13.0. The third-order valence-corrected chi connectivity index (χ3v) is 6.35. The van der Waals surface area contributed by atoms with E-state index >= 15 is 0 Å². The van der Waals surface area contributed by atoms with Crippen LogP contribution in [0.15, 0.2) is 24.3 Å². The highest BCUT2D eigenvalue weighted by Crippen LogP contribution is 2.32. The fraction of sp³-hybridized carbons (Fsp3) is 0.696. The van der Waals surface area contributed by atoms with Gasteiger partial charge in [-0.05, 0) is 64.0 Å². The van der Waals surface area contributed by atoms with E-state index in [1.165, 1.54) is 0 Å². The van der Waals surface area contributed by atoms with Crippen LogP contribution in [0.4, 0.5) is 4.79 Å². The third kappa shape index (κ3) is 8.64. The van der Waals surface area contributed by atoms with Gasteiger partial charge in [0.25, 0.3) is 10.1 Å². The Morgan fingerprint density at radius 2 is 1.57 bits per heavy atom. The molecule has 172 valence electrons. The highest BCUT2D eigenvalue weighted by atomic mass is 32.2. The Labute approximate surface area is 182 Å². The Hall–Kier alpha value is -1.60. The summed E-state index contributed by atoms with van der Waals surface area (Å²) in [5.41, 5.74) is 1.10. The maximum Gasteiger partial charge on any atom is 0.407 e. The van der Waals surface area contributed by atoms with Crippen molar-refractivity contribution < 1.29 is 22.1 Å². The van der Waals surface area contributed by atoms with Crippen LogP contribution in [0, 0.1) is 0 Å². The first-order chi connectivity index (χ1) is 13.5. The molecule has 0 aliphatic heterocycles. The summed E-state index contributed by atoms with van der Waals surface area (Å²) in [7, 11) is -3.89. The van der Waals surface area contributed by atoms with Crippen molar-refractivity contribution in [1.29, 1.82) is 0 Å². The summed E-state index contributed by atoms with van der Waals surface area (Å²) in [6, 6.07) is 7.21. The summed E-state index contributed by atoms with van der Waals surface area (Å²) in [6.45, 7) is 17.0. The number of carbonyl (C=O) groups is 1. The minimum Gasteiger partial charge on any atom is -0.444 e. The average Bonchev–Trinajstić information content (AvgIpc) is 2.54. The summed E-state index contributed by atoms with van der Waals surface area (Å²) < 4.78 is 36.7. The van der Waals surface area contributed by atoms with E-state index in [1.54, 1.807) is 34.6 Å². The van der Waals surface area contributed by atoms with Gasteiger partial charge in [0.2, 0.25) is 0 Å². The van der Waals surface area contributed by atoms with Crippen molar-refractivity contribution in [3.05, 3.63) is 35.4 Å². The maximum atomic E-state index is 13.0. The summed E-state index contributed by atoms with van der Waals surface area (Å²) in [6.07, 6.45) is -0.268. The number of benzene rings is 1. The van der Waals surface area contributed by atoms with Crippen LogP contribution < -0.4 is 5.32 Å². The van der Waals surface area contributed by atoms with E-state index in [4.69, 9.17) is 8.92 Å². The molecule has 0 spiro atoms. The van der Waals surface area contributed by atoms with Gasteiger partial charge >= 0.3 is 6.09 Å². The molecule has 2 atom stereocenters. The van der Waals surface area contributed by atoms with Gasteiger partial charge in [-0.25, -0.2) is 4.79 Å². The lowest BCUT2D eigenvalue weighted by atomic mass is 9.86. The minimum absolute atomic E-state index is 0.0362. The Bertz CT molecular complexity index is 786. The molecule has 1 aromatic carbocycles. The van der Waals surface area contributed by atoms with Crippen LogP contribution in [0.3, 0.4) is 0 Å². The summed E-state index contributed by atoms with van der Waals surface area (Å²) in [5.74, 6) is 0. The number of hydrogen-bond donors (Lipinski definition) is 1. The molecule has 0 radical (unpaired) electrons. The molecule has 0 aliphatic rings. The number of rotatable bonds is 8. The van der Waals surface area contributed by atoms with Gasteiger partial charge in [0.1, 0.15) is 10.9 Å². The number of alkyl carbamates (subject to hydrolysis) is 1. The van der Waals surface area contributed by atoms with Gasteiger partial charge in [-0.3, -0.25) is 4.18 Å². The highest BCUT2D eigenvalue weighted by molar-refractivity contribution is 7.87. The molecule has 0 heterocycles. The molecular formula is C23H39NO5S. The van der Waals surface area contributed by atoms with Crippen LogP contribution in [-0.4, -0.2) is 32.3 Å². The van der Waals surface area contributed by atoms with Crippen molar-refractivity contribution in [2.45, 2.75) is 104 Å². The normalized spacial score (nSPS) is 15.0. The number of nitrogens with one attached hydrogen (secondary N) is 1. The smallest absolute Gasteiger partial charge is 0.407 e. The van der Waals surface area contributed by atoms with Crippen LogP contribution in [0.2, 0.25) is 0 Å². The Balaban J connectivity index is 3.19. The molecule has 1 aromatic rings. The number of hydrogen-bond acceptors (Lipinski definition) is 5. The third-order valence-electron chi connectivity index (χ3n) is 4.54. The fourth-order valence-corrected chi connectivity index (χ4v) is 4.64. The second-order valence-electron chi connectivity index (χ2n) is 9.99. The first kappa shape index (κ1) is 26.4. The largest absolute Gasteiger partial charge is 0.444 e. The predicted octanol–water partition coefficient (Wildman–Crippen LogP) is 5.47. The second kappa shape index (κ2) is 10.1. The summed E-state index contributed by atoms with van der Waals surface area (Å²) >= 11 is 0. The van der Waals surface area contributed by atoms with Crippen molar-refractivity contribution >= 4 is 16.2 Å². The number of ether oxygens (including phenoxy) is 1. The monoisotopic (exact) mass is 441 g/mol. The van der Waals surface area contributed by atoms with E-state index < -0.39 is 33.2 Å². The molecule has 0 saturated carbocycles. The zero-order valence-corrected chi connectivity index (χ0v) is 20.7. The fourth-order valence-electron chi connectivity index (χ4n) is 3.01. The molecule has 1 amide bonds. The van der Waals surface area contributed by atoms with Gasteiger partial charge in [-0.1, -0.05) is 52.0 Å².